The Bertz CT molecular complexity index is 519. The molecule has 1 heterocycles. The van der Waals surface area contributed by atoms with Crippen molar-refractivity contribution in [3.8, 4) is 6.07 Å². The smallest absolute Gasteiger partial charge is 0.0841 e. The standard InChI is InChI=1S/C13H15N3/c1-16-10-11(6-8-15-9-7-14)12-4-2-3-5-13(12)16/h2-5,10,15H,6,8-9H2,1H3. The number of rotatable bonds is 4. The maximum absolute atomic E-state index is 8.42. The number of benzene rings is 1. The van der Waals surface area contributed by atoms with Crippen molar-refractivity contribution < 1.29 is 0 Å². The monoisotopic (exact) mass is 213 g/mol. The van der Waals surface area contributed by atoms with E-state index in [4.69, 9.17) is 5.26 Å². The lowest BCUT2D eigenvalue weighted by atomic mass is 10.1. The molecule has 0 amide bonds. The fourth-order valence-electron chi connectivity index (χ4n) is 1.99. The van der Waals surface area contributed by atoms with Gasteiger partial charge in [-0.1, -0.05) is 18.2 Å². The maximum atomic E-state index is 8.42. The number of hydrogen-bond donors (Lipinski definition) is 1. The van der Waals surface area contributed by atoms with Crippen LogP contribution < -0.4 is 5.32 Å². The Hall–Kier alpha value is -1.79. The molecule has 16 heavy (non-hydrogen) atoms. The summed E-state index contributed by atoms with van der Waals surface area (Å²) in [5.41, 5.74) is 2.60. The van der Waals surface area contributed by atoms with Crippen LogP contribution in [0.4, 0.5) is 0 Å². The van der Waals surface area contributed by atoms with E-state index in [-0.39, 0.29) is 0 Å². The predicted molar refractivity (Wildman–Crippen MR) is 65.1 cm³/mol. The minimum absolute atomic E-state index is 0.421. The Morgan fingerprint density at radius 2 is 2.19 bits per heavy atom. The molecule has 3 nitrogen and oxygen atoms in total. The van der Waals surface area contributed by atoms with Gasteiger partial charge in [-0.25, -0.2) is 0 Å². The molecule has 0 radical (unpaired) electrons. The highest BCUT2D eigenvalue weighted by molar-refractivity contribution is 5.83. The Kier molecular flexibility index (Phi) is 3.23. The molecule has 0 aliphatic carbocycles. The molecule has 0 bridgehead atoms. The van der Waals surface area contributed by atoms with Gasteiger partial charge in [-0.05, 0) is 18.1 Å². The molecule has 82 valence electrons. The lowest BCUT2D eigenvalue weighted by molar-refractivity contribution is 0.749. The molecule has 0 unspecified atom stereocenters. The van der Waals surface area contributed by atoms with Crippen LogP contribution in [0.3, 0.4) is 0 Å². The highest BCUT2D eigenvalue weighted by atomic mass is 14.9. The Labute approximate surface area is 95.3 Å². The second-order valence-corrected chi connectivity index (χ2v) is 3.87. The van der Waals surface area contributed by atoms with Crippen molar-refractivity contribution >= 4 is 10.9 Å². The van der Waals surface area contributed by atoms with Crippen molar-refractivity contribution in [2.24, 2.45) is 7.05 Å². The van der Waals surface area contributed by atoms with Crippen LogP contribution in [0.25, 0.3) is 10.9 Å². The van der Waals surface area contributed by atoms with Gasteiger partial charge in [-0.15, -0.1) is 0 Å². The normalized spacial score (nSPS) is 10.5. The summed E-state index contributed by atoms with van der Waals surface area (Å²) in [5.74, 6) is 0. The molecule has 0 atom stereocenters. The Morgan fingerprint density at radius 1 is 1.38 bits per heavy atom. The zero-order valence-corrected chi connectivity index (χ0v) is 9.40. The van der Waals surface area contributed by atoms with Crippen LogP contribution in [-0.2, 0) is 13.5 Å². The molecule has 0 saturated carbocycles. The number of para-hydroxylation sites is 1. The third-order valence-corrected chi connectivity index (χ3v) is 2.75. The van der Waals surface area contributed by atoms with Crippen LogP contribution in [0.5, 0.6) is 0 Å². The summed E-state index contributed by atoms with van der Waals surface area (Å²) in [6.07, 6.45) is 3.13. The average molecular weight is 213 g/mol. The third-order valence-electron chi connectivity index (χ3n) is 2.75. The maximum Gasteiger partial charge on any atom is 0.0841 e. The van der Waals surface area contributed by atoms with E-state index < -0.39 is 0 Å². The van der Waals surface area contributed by atoms with Gasteiger partial charge in [0.2, 0.25) is 0 Å². The number of fused-ring (bicyclic) bond motifs is 1. The van der Waals surface area contributed by atoms with Crippen LogP contribution in [-0.4, -0.2) is 17.7 Å². The Morgan fingerprint density at radius 3 is 3.00 bits per heavy atom. The number of nitrogens with zero attached hydrogens (tertiary/aromatic N) is 2. The van der Waals surface area contributed by atoms with E-state index in [0.717, 1.165) is 13.0 Å². The molecule has 0 saturated heterocycles. The molecule has 0 fully saturated rings. The van der Waals surface area contributed by atoms with Crippen LogP contribution in [0.2, 0.25) is 0 Å². The van der Waals surface area contributed by atoms with Crippen molar-refractivity contribution in [3.05, 3.63) is 36.0 Å². The number of nitriles is 1. The molecule has 3 heteroatoms. The largest absolute Gasteiger partial charge is 0.350 e. The van der Waals surface area contributed by atoms with Gasteiger partial charge in [0.1, 0.15) is 0 Å². The van der Waals surface area contributed by atoms with E-state index in [9.17, 15) is 0 Å². The lowest BCUT2D eigenvalue weighted by Crippen LogP contribution is -2.16. The minimum atomic E-state index is 0.421. The molecule has 0 spiro atoms. The summed E-state index contributed by atoms with van der Waals surface area (Å²) in [6, 6.07) is 10.5. The van der Waals surface area contributed by atoms with E-state index in [1.807, 2.05) is 0 Å². The van der Waals surface area contributed by atoms with Crippen LogP contribution in [0, 0.1) is 11.3 Å². The quantitative estimate of drug-likeness (QED) is 0.622. The average Bonchev–Trinajstić information content (AvgIpc) is 2.63. The van der Waals surface area contributed by atoms with Crippen LogP contribution in [0.15, 0.2) is 30.5 Å². The third kappa shape index (κ3) is 2.07. The second-order valence-electron chi connectivity index (χ2n) is 3.87. The summed E-state index contributed by atoms with van der Waals surface area (Å²) in [7, 11) is 2.06. The minimum Gasteiger partial charge on any atom is -0.350 e. The molecular weight excluding hydrogens is 198 g/mol. The van der Waals surface area contributed by atoms with Gasteiger partial charge in [0, 0.05) is 30.7 Å². The first-order chi connectivity index (χ1) is 7.83. The second kappa shape index (κ2) is 4.82. The first-order valence-corrected chi connectivity index (χ1v) is 5.43. The fourth-order valence-corrected chi connectivity index (χ4v) is 1.99. The molecular formula is C13H15N3. The summed E-state index contributed by atoms with van der Waals surface area (Å²) >= 11 is 0. The van der Waals surface area contributed by atoms with E-state index in [1.54, 1.807) is 0 Å². The molecule has 0 aliphatic rings. The molecule has 2 aromatic rings. The topological polar surface area (TPSA) is 40.8 Å². The molecule has 2 rings (SSSR count). The van der Waals surface area contributed by atoms with E-state index in [1.165, 1.54) is 16.5 Å². The highest BCUT2D eigenvalue weighted by Gasteiger charge is 2.04. The first-order valence-electron chi connectivity index (χ1n) is 5.43. The summed E-state index contributed by atoms with van der Waals surface area (Å²) in [5, 5.41) is 12.8. The van der Waals surface area contributed by atoms with Crippen molar-refractivity contribution in [3.63, 3.8) is 0 Å². The summed E-state index contributed by atoms with van der Waals surface area (Å²) in [4.78, 5) is 0. The van der Waals surface area contributed by atoms with Gasteiger partial charge in [-0.2, -0.15) is 5.26 Å². The van der Waals surface area contributed by atoms with E-state index in [0.29, 0.717) is 6.54 Å². The molecule has 1 aromatic heterocycles. The van der Waals surface area contributed by atoms with Crippen molar-refractivity contribution in [2.45, 2.75) is 6.42 Å². The van der Waals surface area contributed by atoms with Gasteiger partial charge >= 0.3 is 0 Å². The number of aryl methyl sites for hydroxylation is 1. The zero-order chi connectivity index (χ0) is 11.4. The van der Waals surface area contributed by atoms with Gasteiger partial charge in [-0.3, -0.25) is 0 Å². The number of hydrogen-bond acceptors (Lipinski definition) is 2. The van der Waals surface area contributed by atoms with Crippen LogP contribution in [0.1, 0.15) is 5.56 Å². The SMILES string of the molecule is Cn1cc(CCNCC#N)c2ccccc21. The van der Waals surface area contributed by atoms with Crippen LogP contribution >= 0.6 is 0 Å². The molecule has 0 aliphatic heterocycles. The fraction of sp³-hybridized carbons (Fsp3) is 0.308. The van der Waals surface area contributed by atoms with Gasteiger partial charge in [0.05, 0.1) is 12.6 Å². The van der Waals surface area contributed by atoms with Gasteiger partial charge in [0.25, 0.3) is 0 Å². The van der Waals surface area contributed by atoms with E-state index >= 15 is 0 Å². The van der Waals surface area contributed by atoms with Gasteiger partial charge in [0.15, 0.2) is 0 Å². The Balaban J connectivity index is 2.15. The molecule has 1 N–H and O–H groups in total. The van der Waals surface area contributed by atoms with Crippen molar-refractivity contribution in [1.29, 1.82) is 5.26 Å². The highest BCUT2D eigenvalue weighted by Crippen LogP contribution is 2.20. The van der Waals surface area contributed by atoms with Gasteiger partial charge < -0.3 is 9.88 Å². The molecule has 1 aromatic carbocycles. The number of aromatic nitrogens is 1. The number of nitrogens with one attached hydrogen (secondary N) is 1. The predicted octanol–water partition coefficient (Wildman–Crippen LogP) is 1.83. The summed E-state index contributed by atoms with van der Waals surface area (Å²) in [6.45, 7) is 1.27. The first kappa shape index (κ1) is 10.7. The lowest BCUT2D eigenvalue weighted by Gasteiger charge is -1.99. The zero-order valence-electron chi connectivity index (χ0n) is 9.40. The van der Waals surface area contributed by atoms with E-state index in [2.05, 4.69) is 53.5 Å². The van der Waals surface area contributed by atoms with Crippen molar-refractivity contribution in [1.82, 2.24) is 9.88 Å². The summed E-state index contributed by atoms with van der Waals surface area (Å²) < 4.78 is 2.15. The van der Waals surface area contributed by atoms with Crippen molar-refractivity contribution in [2.75, 3.05) is 13.1 Å².